The Morgan fingerprint density at radius 3 is 2.57 bits per heavy atom. The normalized spacial score (nSPS) is 10.4. The van der Waals surface area contributed by atoms with E-state index < -0.39 is 0 Å². The van der Waals surface area contributed by atoms with Gasteiger partial charge in [-0.1, -0.05) is 31.1 Å². The predicted octanol–water partition coefficient (Wildman–Crippen LogP) is 2.49. The van der Waals surface area contributed by atoms with Gasteiger partial charge in [-0.15, -0.1) is 12.4 Å². The lowest BCUT2D eigenvalue weighted by molar-refractivity contribution is -0.121. The maximum absolute atomic E-state index is 11.8. The first-order valence-electron chi connectivity index (χ1n) is 7.48. The molecule has 1 heterocycles. The number of rotatable bonds is 7. The molecule has 0 atom stereocenters. The van der Waals surface area contributed by atoms with Gasteiger partial charge in [0.1, 0.15) is 0 Å². The first kappa shape index (κ1) is 19.0. The largest absolute Gasteiger partial charge is 0.399 e. The van der Waals surface area contributed by atoms with Crippen molar-refractivity contribution in [3.8, 4) is 0 Å². The molecule has 0 spiro atoms. The van der Waals surface area contributed by atoms with Crippen molar-refractivity contribution in [1.29, 1.82) is 0 Å². The lowest BCUT2D eigenvalue weighted by atomic mass is 10.1. The number of hydrogen-bond acceptors (Lipinski definition) is 5. The molecule has 2 rings (SSSR count). The highest BCUT2D eigenvalue weighted by Crippen LogP contribution is 2.10. The van der Waals surface area contributed by atoms with Gasteiger partial charge in [-0.3, -0.25) is 4.79 Å². The molecule has 0 unspecified atom stereocenters. The van der Waals surface area contributed by atoms with Crippen molar-refractivity contribution in [2.75, 3.05) is 12.3 Å². The average Bonchev–Trinajstić information content (AvgIpc) is 2.96. The van der Waals surface area contributed by atoms with Gasteiger partial charge >= 0.3 is 0 Å². The molecule has 2 aromatic rings. The van der Waals surface area contributed by atoms with Crippen LogP contribution in [0.3, 0.4) is 0 Å². The molecular weight excluding hydrogens is 316 g/mol. The van der Waals surface area contributed by atoms with Gasteiger partial charge in [0.15, 0.2) is 5.82 Å². The van der Waals surface area contributed by atoms with Crippen molar-refractivity contribution in [2.24, 2.45) is 0 Å². The first-order chi connectivity index (χ1) is 10.5. The summed E-state index contributed by atoms with van der Waals surface area (Å²) < 4.78 is 5.11. The maximum atomic E-state index is 11.8. The zero-order chi connectivity index (χ0) is 15.9. The second-order valence-electron chi connectivity index (χ2n) is 5.54. The molecule has 0 fully saturated rings. The van der Waals surface area contributed by atoms with Crippen LogP contribution in [0.5, 0.6) is 0 Å². The summed E-state index contributed by atoms with van der Waals surface area (Å²) >= 11 is 0. The number of nitrogens with one attached hydrogen (secondary N) is 1. The van der Waals surface area contributed by atoms with Crippen LogP contribution >= 0.6 is 12.4 Å². The number of nitrogens with two attached hydrogens (primary N) is 1. The lowest BCUT2D eigenvalue weighted by Gasteiger charge is -2.04. The fourth-order valence-corrected chi connectivity index (χ4v) is 1.94. The van der Waals surface area contributed by atoms with Gasteiger partial charge in [0.05, 0.1) is 0 Å². The Hall–Kier alpha value is -2.08. The molecule has 0 saturated heterocycles. The summed E-state index contributed by atoms with van der Waals surface area (Å²) in [5.41, 5.74) is 7.52. The summed E-state index contributed by atoms with van der Waals surface area (Å²) in [5, 5.41) is 6.76. The Morgan fingerprint density at radius 2 is 1.96 bits per heavy atom. The number of nitrogens with zero attached hydrogens (tertiary/aromatic N) is 2. The van der Waals surface area contributed by atoms with E-state index in [1.807, 2.05) is 38.1 Å². The molecule has 126 valence electrons. The number of halogens is 1. The number of anilines is 1. The number of carbonyl (C=O) groups is 1. The molecule has 0 aliphatic rings. The highest BCUT2D eigenvalue weighted by Gasteiger charge is 2.11. The summed E-state index contributed by atoms with van der Waals surface area (Å²) in [6.07, 6.45) is 1.60. The summed E-state index contributed by atoms with van der Waals surface area (Å²) in [5.74, 6) is 1.40. The van der Waals surface area contributed by atoms with Gasteiger partial charge in [0, 0.05) is 31.0 Å². The van der Waals surface area contributed by atoms with Gasteiger partial charge in [0.2, 0.25) is 11.8 Å². The van der Waals surface area contributed by atoms with Crippen LogP contribution in [0.15, 0.2) is 28.8 Å². The van der Waals surface area contributed by atoms with Crippen molar-refractivity contribution in [1.82, 2.24) is 15.5 Å². The van der Waals surface area contributed by atoms with Crippen LogP contribution in [-0.4, -0.2) is 22.6 Å². The lowest BCUT2D eigenvalue weighted by Crippen LogP contribution is -2.25. The van der Waals surface area contributed by atoms with Gasteiger partial charge < -0.3 is 15.6 Å². The molecule has 1 aromatic carbocycles. The zero-order valence-corrected chi connectivity index (χ0v) is 14.2. The van der Waals surface area contributed by atoms with Gasteiger partial charge in [-0.05, 0) is 24.1 Å². The Kier molecular flexibility index (Phi) is 7.54. The Bertz CT molecular complexity index is 611. The molecule has 0 bridgehead atoms. The van der Waals surface area contributed by atoms with Crippen molar-refractivity contribution in [3.05, 3.63) is 41.5 Å². The fraction of sp³-hybridized carbons (Fsp3) is 0.438. The van der Waals surface area contributed by atoms with E-state index >= 15 is 0 Å². The minimum absolute atomic E-state index is 0. The molecule has 0 saturated carbocycles. The number of amides is 1. The highest BCUT2D eigenvalue weighted by atomic mass is 35.5. The second kappa shape index (κ2) is 9.15. The number of aromatic nitrogens is 2. The number of aryl methyl sites for hydroxylation is 1. The van der Waals surface area contributed by atoms with E-state index in [1.165, 1.54) is 0 Å². The molecular formula is C16H23ClN4O2. The third-order valence-electron chi connectivity index (χ3n) is 3.28. The predicted molar refractivity (Wildman–Crippen MR) is 91.5 cm³/mol. The highest BCUT2D eigenvalue weighted by molar-refractivity contribution is 5.85. The smallest absolute Gasteiger partial charge is 0.227 e. The van der Waals surface area contributed by atoms with E-state index in [9.17, 15) is 4.79 Å². The number of benzene rings is 1. The zero-order valence-electron chi connectivity index (χ0n) is 13.4. The SMILES string of the molecule is CC(C)c1noc(CCC(=O)NCCc2ccc(N)cc2)n1.Cl. The van der Waals surface area contributed by atoms with E-state index in [4.69, 9.17) is 10.3 Å². The van der Waals surface area contributed by atoms with Crippen molar-refractivity contribution < 1.29 is 9.32 Å². The van der Waals surface area contributed by atoms with Gasteiger partial charge in [-0.25, -0.2) is 0 Å². The van der Waals surface area contributed by atoms with Crippen LogP contribution in [0.1, 0.15) is 43.5 Å². The van der Waals surface area contributed by atoms with E-state index in [0.29, 0.717) is 31.1 Å². The van der Waals surface area contributed by atoms with Crippen LogP contribution in [-0.2, 0) is 17.6 Å². The van der Waals surface area contributed by atoms with Crippen LogP contribution in [0.2, 0.25) is 0 Å². The van der Waals surface area contributed by atoms with Crippen LogP contribution < -0.4 is 11.1 Å². The first-order valence-corrected chi connectivity index (χ1v) is 7.48. The Morgan fingerprint density at radius 1 is 1.26 bits per heavy atom. The third kappa shape index (κ3) is 6.28. The van der Waals surface area contributed by atoms with E-state index in [1.54, 1.807) is 0 Å². The second-order valence-corrected chi connectivity index (χ2v) is 5.54. The van der Waals surface area contributed by atoms with E-state index in [-0.39, 0.29) is 24.2 Å². The standard InChI is InChI=1S/C16H22N4O2.ClH/c1-11(2)16-19-15(22-20-16)8-7-14(21)18-10-9-12-3-5-13(17)6-4-12;/h3-6,11H,7-10,17H2,1-2H3,(H,18,21);1H. The molecule has 0 aliphatic heterocycles. The maximum Gasteiger partial charge on any atom is 0.227 e. The molecule has 1 aromatic heterocycles. The van der Waals surface area contributed by atoms with Crippen molar-refractivity contribution in [3.63, 3.8) is 0 Å². The van der Waals surface area contributed by atoms with Crippen molar-refractivity contribution in [2.45, 2.75) is 39.0 Å². The number of carbonyl (C=O) groups excluding carboxylic acids is 1. The molecule has 0 radical (unpaired) electrons. The van der Waals surface area contributed by atoms with Crippen molar-refractivity contribution >= 4 is 24.0 Å². The van der Waals surface area contributed by atoms with Gasteiger partial charge in [-0.2, -0.15) is 4.98 Å². The third-order valence-corrected chi connectivity index (χ3v) is 3.28. The summed E-state index contributed by atoms with van der Waals surface area (Å²) in [7, 11) is 0. The molecule has 23 heavy (non-hydrogen) atoms. The molecule has 1 amide bonds. The van der Waals surface area contributed by atoms with Crippen LogP contribution in [0.25, 0.3) is 0 Å². The molecule has 3 N–H and O–H groups in total. The Labute approximate surface area is 142 Å². The quantitative estimate of drug-likeness (QED) is 0.756. The van der Waals surface area contributed by atoms with Crippen LogP contribution in [0.4, 0.5) is 5.69 Å². The average molecular weight is 339 g/mol. The Balaban J connectivity index is 0.00000264. The van der Waals surface area contributed by atoms with E-state index in [0.717, 1.165) is 17.7 Å². The topological polar surface area (TPSA) is 94.0 Å². The molecule has 6 nitrogen and oxygen atoms in total. The fourth-order valence-electron chi connectivity index (χ4n) is 1.94. The number of hydrogen-bond donors (Lipinski definition) is 2. The van der Waals surface area contributed by atoms with Gasteiger partial charge in [0.25, 0.3) is 0 Å². The monoisotopic (exact) mass is 338 g/mol. The number of nitrogen functional groups attached to an aromatic ring is 1. The summed E-state index contributed by atoms with van der Waals surface area (Å²) in [6.45, 7) is 4.60. The molecule has 7 heteroatoms. The van der Waals surface area contributed by atoms with E-state index in [2.05, 4.69) is 15.5 Å². The molecule has 0 aliphatic carbocycles. The summed E-state index contributed by atoms with van der Waals surface area (Å²) in [6, 6.07) is 7.65. The van der Waals surface area contributed by atoms with Crippen LogP contribution in [0, 0.1) is 0 Å². The summed E-state index contributed by atoms with van der Waals surface area (Å²) in [4.78, 5) is 16.0. The minimum atomic E-state index is -0.0141. The minimum Gasteiger partial charge on any atom is -0.399 e.